The van der Waals surface area contributed by atoms with Crippen molar-refractivity contribution in [1.82, 2.24) is 15.1 Å². The average molecular weight is 568 g/mol. The zero-order chi connectivity index (χ0) is 29.2. The molecule has 0 aliphatic heterocycles. The molecule has 0 saturated heterocycles. The molecule has 8 heteroatoms. The number of primary amides is 1. The standard InChI is InChI=1S/C34H41N5O3/c1-19-7-25(40)8-20(2)27(19)16-34(36,32(35)41)28(12-24-18-37-29-6-4-3-5-26(24)29)31-38-30(39-42-31)17-33-13-21-9-22(14-33)11-23(10-21)15-33/h3-8,18,21-23,28,37,40H,9-17,36H2,1-2H3,(H2,35,41)/t21?,22?,23?,28-,33?,34?/m1/s1. The zero-order valence-electron chi connectivity index (χ0n) is 24.5. The highest BCUT2D eigenvalue weighted by Crippen LogP contribution is 2.61. The predicted molar refractivity (Wildman–Crippen MR) is 161 cm³/mol. The lowest BCUT2D eigenvalue weighted by molar-refractivity contribution is -0.124. The van der Waals surface area contributed by atoms with Gasteiger partial charge in [-0.1, -0.05) is 23.4 Å². The monoisotopic (exact) mass is 567 g/mol. The molecular weight excluding hydrogens is 526 g/mol. The Balaban J connectivity index is 1.26. The van der Waals surface area contributed by atoms with Gasteiger partial charge in [-0.2, -0.15) is 4.98 Å². The van der Waals surface area contributed by atoms with Crippen molar-refractivity contribution in [2.75, 3.05) is 0 Å². The Kier molecular flexibility index (Phi) is 6.46. The number of nitrogens with zero attached hydrogens (tertiary/aromatic N) is 2. The molecule has 4 bridgehead atoms. The smallest absolute Gasteiger partial charge is 0.238 e. The third-order valence-electron chi connectivity index (χ3n) is 10.8. The van der Waals surface area contributed by atoms with Crippen molar-refractivity contribution in [3.8, 4) is 5.75 Å². The third kappa shape index (κ3) is 4.70. The number of hydrogen-bond donors (Lipinski definition) is 4. The van der Waals surface area contributed by atoms with E-state index in [2.05, 4.69) is 16.2 Å². The fourth-order valence-corrected chi connectivity index (χ4v) is 9.26. The van der Waals surface area contributed by atoms with Crippen LogP contribution in [0.25, 0.3) is 10.9 Å². The summed E-state index contributed by atoms with van der Waals surface area (Å²) in [7, 11) is 0. The van der Waals surface area contributed by atoms with E-state index in [0.29, 0.717) is 18.1 Å². The van der Waals surface area contributed by atoms with Crippen LogP contribution in [0.5, 0.6) is 5.75 Å². The van der Waals surface area contributed by atoms with E-state index in [9.17, 15) is 9.90 Å². The van der Waals surface area contributed by atoms with Gasteiger partial charge in [-0.15, -0.1) is 0 Å². The normalized spacial score (nSPS) is 26.9. The van der Waals surface area contributed by atoms with E-state index >= 15 is 0 Å². The Bertz CT molecular complexity index is 1600. The molecule has 4 fully saturated rings. The van der Waals surface area contributed by atoms with Gasteiger partial charge in [-0.25, -0.2) is 0 Å². The van der Waals surface area contributed by atoms with Gasteiger partial charge in [0.1, 0.15) is 11.3 Å². The SMILES string of the molecule is Cc1cc(O)cc(C)c1CC(N)(C(N)=O)[C@H](Cc1c[nH]c2ccccc12)c1nc(CC23CC4CC(CC(C4)C2)C3)no1. The van der Waals surface area contributed by atoms with Gasteiger partial charge in [0.25, 0.3) is 0 Å². The van der Waals surface area contributed by atoms with Crippen molar-refractivity contribution in [2.24, 2.45) is 34.6 Å². The molecule has 4 aliphatic carbocycles. The molecule has 2 aromatic carbocycles. The van der Waals surface area contributed by atoms with Gasteiger partial charge in [0.05, 0.1) is 5.92 Å². The molecule has 4 aliphatic rings. The highest BCUT2D eigenvalue weighted by molar-refractivity contribution is 5.87. The van der Waals surface area contributed by atoms with Crippen LogP contribution in [-0.2, 0) is 24.1 Å². The van der Waals surface area contributed by atoms with Crippen LogP contribution in [-0.4, -0.2) is 31.7 Å². The van der Waals surface area contributed by atoms with E-state index in [-0.39, 0.29) is 17.6 Å². The third-order valence-corrected chi connectivity index (χ3v) is 10.8. The highest BCUT2D eigenvalue weighted by atomic mass is 16.5. The summed E-state index contributed by atoms with van der Waals surface area (Å²) in [6.07, 6.45) is 11.3. The topological polar surface area (TPSA) is 144 Å². The Hall–Kier alpha value is -3.65. The number of para-hydroxylation sites is 1. The lowest BCUT2D eigenvalue weighted by Crippen LogP contribution is -2.58. The Labute approximate surface area is 246 Å². The number of carbonyl (C=O) groups excluding carboxylic acids is 1. The van der Waals surface area contributed by atoms with Gasteiger partial charge < -0.3 is 26.1 Å². The second-order valence-electron chi connectivity index (χ2n) is 13.9. The summed E-state index contributed by atoms with van der Waals surface area (Å²) in [6, 6.07) is 11.4. The first kappa shape index (κ1) is 27.2. The zero-order valence-corrected chi connectivity index (χ0v) is 24.5. The number of phenolic OH excluding ortho intramolecular Hbond substituents is 1. The lowest BCUT2D eigenvalue weighted by Gasteiger charge is -2.56. The molecule has 42 heavy (non-hydrogen) atoms. The summed E-state index contributed by atoms with van der Waals surface area (Å²) in [5.41, 5.74) is 16.6. The second-order valence-corrected chi connectivity index (χ2v) is 13.9. The number of rotatable bonds is 9. The molecule has 6 N–H and O–H groups in total. The first-order chi connectivity index (χ1) is 20.1. The van der Waals surface area contributed by atoms with Crippen molar-refractivity contribution < 1.29 is 14.4 Å². The van der Waals surface area contributed by atoms with Crippen LogP contribution < -0.4 is 11.5 Å². The molecule has 2 atom stereocenters. The minimum absolute atomic E-state index is 0.178. The van der Waals surface area contributed by atoms with Gasteiger partial charge in [0.2, 0.25) is 11.8 Å². The van der Waals surface area contributed by atoms with E-state index in [0.717, 1.165) is 57.3 Å². The van der Waals surface area contributed by atoms with E-state index < -0.39 is 17.4 Å². The molecule has 1 unspecified atom stereocenters. The molecule has 2 heterocycles. The number of benzene rings is 2. The second kappa shape index (κ2) is 9.97. The van der Waals surface area contributed by atoms with Gasteiger partial charge in [0, 0.05) is 29.9 Å². The Morgan fingerprint density at radius 3 is 2.40 bits per heavy atom. The van der Waals surface area contributed by atoms with Crippen LogP contribution in [0.2, 0.25) is 0 Å². The number of nitrogens with one attached hydrogen (secondary N) is 1. The number of carbonyl (C=O) groups is 1. The van der Waals surface area contributed by atoms with Crippen molar-refractivity contribution in [2.45, 2.75) is 83.1 Å². The minimum Gasteiger partial charge on any atom is -0.508 e. The van der Waals surface area contributed by atoms with E-state index in [1.165, 1.54) is 38.5 Å². The lowest BCUT2D eigenvalue weighted by atomic mass is 9.49. The van der Waals surface area contributed by atoms with E-state index in [1.807, 2.05) is 38.2 Å². The van der Waals surface area contributed by atoms with Gasteiger partial charge in [-0.05, 0) is 122 Å². The van der Waals surface area contributed by atoms with Gasteiger partial charge >= 0.3 is 0 Å². The van der Waals surface area contributed by atoms with Gasteiger partial charge in [-0.3, -0.25) is 4.79 Å². The number of aromatic amines is 1. The van der Waals surface area contributed by atoms with Crippen LogP contribution in [0.4, 0.5) is 0 Å². The fraction of sp³-hybridized carbons (Fsp3) is 0.500. The first-order valence-electron chi connectivity index (χ1n) is 15.4. The maximum Gasteiger partial charge on any atom is 0.238 e. The number of aromatic nitrogens is 3. The molecule has 0 spiro atoms. The van der Waals surface area contributed by atoms with Gasteiger partial charge in [0.15, 0.2) is 5.82 Å². The summed E-state index contributed by atoms with van der Waals surface area (Å²) in [4.78, 5) is 21.7. The number of nitrogens with two attached hydrogens (primary N) is 2. The van der Waals surface area contributed by atoms with Crippen molar-refractivity contribution in [3.05, 3.63) is 76.6 Å². The largest absolute Gasteiger partial charge is 0.508 e. The molecule has 220 valence electrons. The van der Waals surface area contributed by atoms with E-state index in [4.69, 9.17) is 21.0 Å². The van der Waals surface area contributed by atoms with E-state index in [1.54, 1.807) is 12.1 Å². The molecule has 4 aromatic rings. The molecule has 2 aromatic heterocycles. The van der Waals surface area contributed by atoms with Crippen LogP contribution in [0, 0.1) is 37.0 Å². The van der Waals surface area contributed by atoms with Crippen LogP contribution in [0.3, 0.4) is 0 Å². The minimum atomic E-state index is -1.52. The van der Waals surface area contributed by atoms with Crippen molar-refractivity contribution in [3.63, 3.8) is 0 Å². The predicted octanol–water partition coefficient (Wildman–Crippen LogP) is 5.38. The Morgan fingerprint density at radius 1 is 1.12 bits per heavy atom. The molecule has 1 amide bonds. The molecule has 8 rings (SSSR count). The molecule has 0 radical (unpaired) electrons. The molecule has 8 nitrogen and oxygen atoms in total. The number of phenols is 1. The first-order valence-corrected chi connectivity index (χ1v) is 15.4. The Morgan fingerprint density at radius 2 is 1.76 bits per heavy atom. The number of hydrogen-bond acceptors (Lipinski definition) is 6. The van der Waals surface area contributed by atoms with Crippen LogP contribution in [0.15, 0.2) is 47.1 Å². The van der Waals surface area contributed by atoms with Crippen molar-refractivity contribution in [1.29, 1.82) is 0 Å². The fourth-order valence-electron chi connectivity index (χ4n) is 9.26. The maximum absolute atomic E-state index is 13.4. The summed E-state index contributed by atoms with van der Waals surface area (Å²) >= 11 is 0. The quantitative estimate of drug-likeness (QED) is 0.214. The molecular formula is C34H41N5O3. The maximum atomic E-state index is 13.4. The number of aromatic hydroxyl groups is 1. The average Bonchev–Trinajstić information content (AvgIpc) is 3.55. The van der Waals surface area contributed by atoms with Crippen molar-refractivity contribution >= 4 is 16.8 Å². The molecule has 4 saturated carbocycles. The number of H-pyrrole nitrogens is 1. The highest BCUT2D eigenvalue weighted by Gasteiger charge is 2.52. The summed E-state index contributed by atoms with van der Waals surface area (Å²) in [6.45, 7) is 3.82. The van der Waals surface area contributed by atoms with Crippen LogP contribution in [0.1, 0.15) is 78.4 Å². The summed E-state index contributed by atoms with van der Waals surface area (Å²) in [5.74, 6) is 2.47. The number of aryl methyl sites for hydroxylation is 2. The number of amides is 1. The van der Waals surface area contributed by atoms with Crippen LogP contribution >= 0.6 is 0 Å². The summed E-state index contributed by atoms with van der Waals surface area (Å²) in [5, 5.41) is 15.7. The summed E-state index contributed by atoms with van der Waals surface area (Å²) < 4.78 is 6.02. The number of fused-ring (bicyclic) bond motifs is 1.